The van der Waals surface area contributed by atoms with Gasteiger partial charge in [-0.3, -0.25) is 0 Å². The van der Waals surface area contributed by atoms with Crippen LogP contribution in [0.15, 0.2) is 55.0 Å². The molecule has 6 aromatic heterocycles. The number of fused-ring (bicyclic) bond motifs is 3. The number of thiophene rings is 4. The van der Waals surface area contributed by atoms with Crippen LogP contribution in [0.4, 0.5) is 0 Å². The van der Waals surface area contributed by atoms with E-state index in [9.17, 15) is 0 Å². The van der Waals surface area contributed by atoms with Gasteiger partial charge >= 0.3 is 0 Å². The van der Waals surface area contributed by atoms with Crippen molar-refractivity contribution in [3.05, 3.63) is 46.2 Å². The highest BCUT2D eigenvalue weighted by Crippen LogP contribution is 2.48. The summed E-state index contributed by atoms with van der Waals surface area (Å²) in [5.41, 5.74) is 6.60. The molecule has 6 heterocycles. The van der Waals surface area contributed by atoms with Crippen LogP contribution in [0.2, 0.25) is 0 Å². The average molecular weight is 385 g/mol. The first-order valence-corrected chi connectivity index (χ1v) is 10.8. The van der Waals surface area contributed by atoms with Gasteiger partial charge in [0.05, 0.1) is 25.9 Å². The molecule has 24 heavy (non-hydrogen) atoms. The molecule has 0 amide bonds. The minimum atomic E-state index is 0.805. The van der Waals surface area contributed by atoms with E-state index in [0.717, 1.165) is 16.7 Å². The minimum absolute atomic E-state index is 0.805. The zero-order valence-corrected chi connectivity index (χ0v) is 15.3. The summed E-state index contributed by atoms with van der Waals surface area (Å²) in [5.74, 6) is 0. The van der Waals surface area contributed by atoms with Gasteiger partial charge in [0.2, 0.25) is 0 Å². The first-order valence-electron chi connectivity index (χ1n) is 7.29. The van der Waals surface area contributed by atoms with Crippen LogP contribution in [-0.2, 0) is 0 Å². The molecule has 6 aromatic rings. The fourth-order valence-electron chi connectivity index (χ4n) is 3.09. The topological polar surface area (TPSA) is 26.3 Å². The molecule has 0 aliphatic heterocycles. The molecule has 0 atom stereocenters. The standard InChI is InChI=1S/C18H8O2S4/c1-3-19-15-9(5-20-13(1)15)10-7-23-18-12(8-24-17(10)18)11-6-22-14-2-4-21-16(11)14/h1-8H. The number of hydrogen-bond acceptors (Lipinski definition) is 6. The van der Waals surface area contributed by atoms with Crippen LogP contribution in [0.3, 0.4) is 0 Å². The third-order valence-corrected chi connectivity index (χ3v) is 8.40. The lowest BCUT2D eigenvalue weighted by molar-refractivity contribution is 0.609. The van der Waals surface area contributed by atoms with Crippen LogP contribution in [-0.4, -0.2) is 0 Å². The molecule has 0 aromatic carbocycles. The second-order valence-corrected chi connectivity index (χ2v) is 9.07. The average Bonchev–Trinajstić information content (AvgIpc) is 3.36. The van der Waals surface area contributed by atoms with E-state index in [0.29, 0.717) is 0 Å². The van der Waals surface area contributed by atoms with Crippen LogP contribution < -0.4 is 0 Å². The van der Waals surface area contributed by atoms with Gasteiger partial charge in [-0.2, -0.15) is 0 Å². The van der Waals surface area contributed by atoms with Gasteiger partial charge in [-0.25, -0.2) is 0 Å². The van der Waals surface area contributed by atoms with Crippen LogP contribution in [0.1, 0.15) is 0 Å². The third-order valence-electron chi connectivity index (χ3n) is 4.22. The predicted octanol–water partition coefficient (Wildman–Crippen LogP) is 7.91. The maximum absolute atomic E-state index is 5.61. The van der Waals surface area contributed by atoms with Crippen molar-refractivity contribution in [2.45, 2.75) is 0 Å². The van der Waals surface area contributed by atoms with Gasteiger partial charge < -0.3 is 8.83 Å². The minimum Gasteiger partial charge on any atom is -0.460 e. The van der Waals surface area contributed by atoms with Crippen LogP contribution >= 0.6 is 45.3 Å². The van der Waals surface area contributed by atoms with E-state index in [4.69, 9.17) is 8.83 Å². The van der Waals surface area contributed by atoms with Crippen molar-refractivity contribution >= 4 is 75.3 Å². The Labute approximate surface area is 152 Å². The molecule has 0 fully saturated rings. The Morgan fingerprint density at radius 2 is 1.42 bits per heavy atom. The molecule has 0 unspecified atom stereocenters. The molecule has 0 spiro atoms. The lowest BCUT2D eigenvalue weighted by Crippen LogP contribution is -1.68. The predicted molar refractivity (Wildman–Crippen MR) is 106 cm³/mol. The normalized spacial score (nSPS) is 12.2. The van der Waals surface area contributed by atoms with Gasteiger partial charge in [-0.05, 0) is 11.4 Å². The van der Waals surface area contributed by atoms with Crippen molar-refractivity contribution in [3.8, 4) is 22.3 Å². The summed E-state index contributed by atoms with van der Waals surface area (Å²) in [6.45, 7) is 0. The second-order valence-electron chi connectivity index (χ2n) is 5.48. The quantitative estimate of drug-likeness (QED) is 0.303. The molecule has 0 aliphatic rings. The Balaban J connectivity index is 1.61. The van der Waals surface area contributed by atoms with E-state index in [-0.39, 0.29) is 0 Å². The largest absolute Gasteiger partial charge is 0.460 e. The van der Waals surface area contributed by atoms with Crippen molar-refractivity contribution in [1.82, 2.24) is 0 Å². The summed E-state index contributed by atoms with van der Waals surface area (Å²) in [7, 11) is 0. The summed E-state index contributed by atoms with van der Waals surface area (Å²) in [5, 5.41) is 8.96. The zero-order valence-electron chi connectivity index (χ0n) is 12.1. The molecule has 0 radical (unpaired) electrons. The van der Waals surface area contributed by atoms with Crippen LogP contribution in [0.25, 0.3) is 52.2 Å². The Hall–Kier alpha value is -1.86. The molecule has 0 N–H and O–H groups in total. The van der Waals surface area contributed by atoms with Gasteiger partial charge in [0.15, 0.2) is 11.2 Å². The summed E-state index contributed by atoms with van der Waals surface area (Å²) < 4.78 is 16.6. The van der Waals surface area contributed by atoms with E-state index >= 15 is 0 Å². The summed E-state index contributed by atoms with van der Waals surface area (Å²) in [6, 6.07) is 4.07. The molecule has 0 saturated carbocycles. The van der Waals surface area contributed by atoms with Crippen molar-refractivity contribution < 1.29 is 8.83 Å². The molecule has 6 heteroatoms. The van der Waals surface area contributed by atoms with Crippen molar-refractivity contribution in [3.63, 3.8) is 0 Å². The van der Waals surface area contributed by atoms with E-state index < -0.39 is 0 Å². The molecule has 0 saturated heterocycles. The smallest absolute Gasteiger partial charge is 0.180 e. The molecule has 0 aliphatic carbocycles. The van der Waals surface area contributed by atoms with E-state index in [1.807, 2.05) is 28.7 Å². The second kappa shape index (κ2) is 4.83. The fourth-order valence-corrected chi connectivity index (χ4v) is 7.64. The first-order chi connectivity index (χ1) is 11.9. The Bertz CT molecular complexity index is 1210. The molecule has 2 nitrogen and oxygen atoms in total. The van der Waals surface area contributed by atoms with Crippen LogP contribution in [0.5, 0.6) is 0 Å². The lowest BCUT2D eigenvalue weighted by Gasteiger charge is -1.93. The van der Waals surface area contributed by atoms with Gasteiger partial charge in [0, 0.05) is 43.6 Å². The summed E-state index contributed by atoms with van der Waals surface area (Å²) in [6.07, 6.45) is 3.48. The van der Waals surface area contributed by atoms with E-state index in [1.54, 1.807) is 35.2 Å². The highest BCUT2D eigenvalue weighted by molar-refractivity contribution is 7.29. The van der Waals surface area contributed by atoms with Gasteiger partial charge in [0.1, 0.15) is 6.26 Å². The molecular formula is C18H8O2S4. The molecule has 0 bridgehead atoms. The number of hydrogen-bond donors (Lipinski definition) is 0. The monoisotopic (exact) mass is 384 g/mol. The zero-order chi connectivity index (χ0) is 15.7. The first kappa shape index (κ1) is 13.4. The highest BCUT2D eigenvalue weighted by Gasteiger charge is 2.20. The molecule has 116 valence electrons. The van der Waals surface area contributed by atoms with Crippen LogP contribution in [0, 0.1) is 0 Å². The SMILES string of the molecule is c1cc2occ(-c3csc4c(-c5csc6ccsc56)csc34)c2o1. The van der Waals surface area contributed by atoms with Gasteiger partial charge in [0.25, 0.3) is 0 Å². The Morgan fingerprint density at radius 3 is 2.29 bits per heavy atom. The summed E-state index contributed by atoms with van der Waals surface area (Å²) in [4.78, 5) is 0. The maximum atomic E-state index is 5.61. The number of rotatable bonds is 2. The fraction of sp³-hybridized carbons (Fsp3) is 0. The molecule has 6 rings (SSSR count). The Kier molecular flexibility index (Phi) is 2.70. The van der Waals surface area contributed by atoms with E-state index in [2.05, 4.69) is 27.6 Å². The molecular weight excluding hydrogens is 376 g/mol. The summed E-state index contributed by atoms with van der Waals surface area (Å²) >= 11 is 7.25. The van der Waals surface area contributed by atoms with Crippen molar-refractivity contribution in [1.29, 1.82) is 0 Å². The third kappa shape index (κ3) is 1.69. The van der Waals surface area contributed by atoms with E-state index in [1.165, 1.54) is 35.5 Å². The maximum Gasteiger partial charge on any atom is 0.180 e. The highest BCUT2D eigenvalue weighted by atomic mass is 32.1. The van der Waals surface area contributed by atoms with Crippen molar-refractivity contribution in [2.75, 3.05) is 0 Å². The number of furan rings is 2. The van der Waals surface area contributed by atoms with Gasteiger partial charge in [-0.15, -0.1) is 45.3 Å². The lowest BCUT2D eigenvalue weighted by atomic mass is 10.1. The Morgan fingerprint density at radius 1 is 0.667 bits per heavy atom. The van der Waals surface area contributed by atoms with Crippen molar-refractivity contribution in [2.24, 2.45) is 0 Å². The van der Waals surface area contributed by atoms with Gasteiger partial charge in [-0.1, -0.05) is 0 Å².